The molecule has 0 atom stereocenters. The molecule has 1 aliphatic heterocycles. The lowest BCUT2D eigenvalue weighted by Gasteiger charge is -2.32. The molecule has 114 valence electrons. The molecule has 0 radical (unpaired) electrons. The normalized spacial score (nSPS) is 16.8. The van der Waals surface area contributed by atoms with E-state index in [1.54, 1.807) is 13.3 Å². The fraction of sp³-hybridized carbons (Fsp3) is 0.625. The van der Waals surface area contributed by atoms with Crippen LogP contribution in [0, 0.1) is 17.2 Å². The lowest BCUT2D eigenvalue weighted by atomic mass is 9.96. The average molecular weight is 288 g/mol. The maximum Gasteiger partial charge on any atom is 0.144 e. The van der Waals surface area contributed by atoms with Gasteiger partial charge in [-0.3, -0.25) is 4.90 Å². The molecule has 5 heteroatoms. The second-order valence-electron chi connectivity index (χ2n) is 5.54. The molecule has 2 heterocycles. The van der Waals surface area contributed by atoms with Crippen molar-refractivity contribution in [1.82, 2.24) is 15.2 Å². The highest BCUT2D eigenvalue weighted by Crippen LogP contribution is 2.19. The van der Waals surface area contributed by atoms with Crippen LogP contribution < -0.4 is 5.32 Å². The van der Waals surface area contributed by atoms with Gasteiger partial charge in [0.1, 0.15) is 11.8 Å². The van der Waals surface area contributed by atoms with Crippen molar-refractivity contribution in [3.8, 4) is 6.07 Å². The Morgan fingerprint density at radius 1 is 1.48 bits per heavy atom. The maximum atomic E-state index is 9.08. The van der Waals surface area contributed by atoms with Gasteiger partial charge >= 0.3 is 0 Å². The molecule has 21 heavy (non-hydrogen) atoms. The Bertz CT molecular complexity index is 464. The quantitative estimate of drug-likeness (QED) is 0.769. The van der Waals surface area contributed by atoms with Crippen LogP contribution in [-0.4, -0.2) is 49.8 Å². The molecule has 0 spiro atoms. The van der Waals surface area contributed by atoms with Crippen molar-refractivity contribution < 1.29 is 4.74 Å². The molecule has 2 rings (SSSR count). The summed E-state index contributed by atoms with van der Waals surface area (Å²) in [5, 5.41) is 12.5. The van der Waals surface area contributed by atoms with Crippen LogP contribution in [0.2, 0.25) is 0 Å². The van der Waals surface area contributed by atoms with Gasteiger partial charge in [0.05, 0.1) is 6.61 Å². The van der Waals surface area contributed by atoms with E-state index in [-0.39, 0.29) is 0 Å². The van der Waals surface area contributed by atoms with Gasteiger partial charge in [-0.25, -0.2) is 4.98 Å². The molecule has 0 bridgehead atoms. The fourth-order valence-electron chi connectivity index (χ4n) is 2.74. The third kappa shape index (κ3) is 5.09. The number of nitrogens with zero attached hydrogens (tertiary/aromatic N) is 3. The van der Waals surface area contributed by atoms with E-state index < -0.39 is 0 Å². The Balaban J connectivity index is 1.73. The van der Waals surface area contributed by atoms with E-state index in [0.717, 1.165) is 50.8 Å². The number of aromatic nitrogens is 1. The Labute approximate surface area is 126 Å². The summed E-state index contributed by atoms with van der Waals surface area (Å²) in [6, 6.07) is 6.08. The van der Waals surface area contributed by atoms with Crippen molar-refractivity contribution in [3.05, 3.63) is 29.6 Å². The van der Waals surface area contributed by atoms with Crippen molar-refractivity contribution in [2.75, 3.05) is 39.9 Å². The SMILES string of the molecule is COCCNCC1CCN(Cc2cccnc2C#N)CC1. The number of rotatable bonds is 7. The summed E-state index contributed by atoms with van der Waals surface area (Å²) in [5.41, 5.74) is 1.59. The first-order valence-corrected chi connectivity index (χ1v) is 7.59. The molecule has 1 aromatic rings. The predicted octanol–water partition coefficient (Wildman–Crippen LogP) is 1.40. The van der Waals surface area contributed by atoms with Crippen molar-refractivity contribution in [2.45, 2.75) is 19.4 Å². The van der Waals surface area contributed by atoms with Crippen molar-refractivity contribution in [3.63, 3.8) is 0 Å². The molecule has 0 saturated carbocycles. The number of piperidine rings is 1. The summed E-state index contributed by atoms with van der Waals surface area (Å²) < 4.78 is 5.03. The van der Waals surface area contributed by atoms with Crippen molar-refractivity contribution >= 4 is 0 Å². The molecule has 1 saturated heterocycles. The smallest absolute Gasteiger partial charge is 0.144 e. The van der Waals surface area contributed by atoms with E-state index in [1.165, 1.54) is 12.8 Å². The zero-order valence-electron chi connectivity index (χ0n) is 12.7. The highest BCUT2D eigenvalue weighted by Gasteiger charge is 2.19. The number of hydrogen-bond donors (Lipinski definition) is 1. The lowest BCUT2D eigenvalue weighted by molar-refractivity contribution is 0.168. The van der Waals surface area contributed by atoms with Gasteiger partial charge in [-0.15, -0.1) is 0 Å². The first-order valence-electron chi connectivity index (χ1n) is 7.59. The van der Waals surface area contributed by atoms with Crippen LogP contribution in [0.3, 0.4) is 0 Å². The monoisotopic (exact) mass is 288 g/mol. The molecular formula is C16H24N4O. The van der Waals surface area contributed by atoms with Crippen LogP contribution in [-0.2, 0) is 11.3 Å². The number of likely N-dealkylation sites (tertiary alicyclic amines) is 1. The van der Waals surface area contributed by atoms with Gasteiger partial charge in [0.15, 0.2) is 0 Å². The third-order valence-electron chi connectivity index (χ3n) is 4.01. The number of pyridine rings is 1. The number of methoxy groups -OCH3 is 1. The topological polar surface area (TPSA) is 61.2 Å². The van der Waals surface area contributed by atoms with E-state index in [9.17, 15) is 0 Å². The number of nitriles is 1. The number of ether oxygens (including phenoxy) is 1. The van der Waals surface area contributed by atoms with Gasteiger partial charge in [0, 0.05) is 32.0 Å². The summed E-state index contributed by atoms with van der Waals surface area (Å²) in [6.45, 7) is 5.80. The summed E-state index contributed by atoms with van der Waals surface area (Å²) in [7, 11) is 1.73. The van der Waals surface area contributed by atoms with Gasteiger partial charge in [0.2, 0.25) is 0 Å². The van der Waals surface area contributed by atoms with E-state index in [2.05, 4.69) is 21.3 Å². The van der Waals surface area contributed by atoms with Crippen LogP contribution in [0.25, 0.3) is 0 Å². The first kappa shape index (κ1) is 15.9. The molecule has 0 aromatic carbocycles. The molecule has 1 aromatic heterocycles. The minimum atomic E-state index is 0.556. The van der Waals surface area contributed by atoms with E-state index in [0.29, 0.717) is 5.69 Å². The number of nitrogens with one attached hydrogen (secondary N) is 1. The van der Waals surface area contributed by atoms with Crippen LogP contribution in [0.15, 0.2) is 18.3 Å². The van der Waals surface area contributed by atoms with Crippen LogP contribution in [0.4, 0.5) is 0 Å². The Morgan fingerprint density at radius 3 is 3.00 bits per heavy atom. The maximum absolute atomic E-state index is 9.08. The van der Waals surface area contributed by atoms with Gasteiger partial charge < -0.3 is 10.1 Å². The summed E-state index contributed by atoms with van der Waals surface area (Å²) in [4.78, 5) is 6.55. The van der Waals surface area contributed by atoms with Crippen LogP contribution in [0.1, 0.15) is 24.1 Å². The minimum Gasteiger partial charge on any atom is -0.383 e. The molecular weight excluding hydrogens is 264 g/mol. The Hall–Kier alpha value is -1.48. The first-order chi connectivity index (χ1) is 10.3. The van der Waals surface area contributed by atoms with Crippen LogP contribution in [0.5, 0.6) is 0 Å². The molecule has 1 N–H and O–H groups in total. The highest BCUT2D eigenvalue weighted by molar-refractivity contribution is 5.30. The zero-order chi connectivity index (χ0) is 14.9. The third-order valence-corrected chi connectivity index (χ3v) is 4.01. The lowest BCUT2D eigenvalue weighted by Crippen LogP contribution is -2.37. The van der Waals surface area contributed by atoms with E-state index in [4.69, 9.17) is 10.00 Å². The van der Waals surface area contributed by atoms with Crippen LogP contribution >= 0.6 is 0 Å². The van der Waals surface area contributed by atoms with Gasteiger partial charge in [-0.1, -0.05) is 6.07 Å². The summed E-state index contributed by atoms with van der Waals surface area (Å²) in [5.74, 6) is 0.752. The standard InChI is InChI=1S/C16H24N4O/c1-21-10-7-18-12-14-4-8-20(9-5-14)13-15-3-2-6-19-16(15)11-17/h2-3,6,14,18H,4-5,7-10,12-13H2,1H3. The minimum absolute atomic E-state index is 0.556. The second-order valence-corrected chi connectivity index (χ2v) is 5.54. The second kappa shape index (κ2) is 8.73. The average Bonchev–Trinajstić information content (AvgIpc) is 2.54. The molecule has 1 fully saturated rings. The Morgan fingerprint density at radius 2 is 2.29 bits per heavy atom. The molecule has 5 nitrogen and oxygen atoms in total. The molecule has 0 unspecified atom stereocenters. The van der Waals surface area contributed by atoms with E-state index >= 15 is 0 Å². The highest BCUT2D eigenvalue weighted by atomic mass is 16.5. The molecule has 0 amide bonds. The summed E-state index contributed by atoms with van der Waals surface area (Å²) >= 11 is 0. The van der Waals surface area contributed by atoms with Crippen molar-refractivity contribution in [2.24, 2.45) is 5.92 Å². The summed E-state index contributed by atoms with van der Waals surface area (Å²) in [6.07, 6.45) is 4.10. The predicted molar refractivity (Wildman–Crippen MR) is 81.7 cm³/mol. The van der Waals surface area contributed by atoms with Gasteiger partial charge in [-0.2, -0.15) is 5.26 Å². The zero-order valence-corrected chi connectivity index (χ0v) is 12.7. The van der Waals surface area contributed by atoms with Gasteiger partial charge in [0.25, 0.3) is 0 Å². The van der Waals surface area contributed by atoms with E-state index in [1.807, 2.05) is 12.1 Å². The fourth-order valence-corrected chi connectivity index (χ4v) is 2.74. The largest absolute Gasteiger partial charge is 0.383 e. The van der Waals surface area contributed by atoms with Crippen molar-refractivity contribution in [1.29, 1.82) is 5.26 Å². The Kier molecular flexibility index (Phi) is 6.61. The molecule has 1 aliphatic rings. The van der Waals surface area contributed by atoms with Gasteiger partial charge in [-0.05, 0) is 44.5 Å². The molecule has 0 aliphatic carbocycles. The number of hydrogen-bond acceptors (Lipinski definition) is 5.